The van der Waals surface area contributed by atoms with Gasteiger partial charge >= 0.3 is 0 Å². The number of carbonyl (C=O) groups excluding carboxylic acids is 1. The summed E-state index contributed by atoms with van der Waals surface area (Å²) >= 11 is 6.48. The number of hydrogen-bond acceptors (Lipinski definition) is 7. The van der Waals surface area contributed by atoms with Crippen LogP contribution in [-0.2, 0) is 9.53 Å². The van der Waals surface area contributed by atoms with E-state index in [0.29, 0.717) is 39.3 Å². The minimum atomic E-state index is -0.234. The second-order valence-electron chi connectivity index (χ2n) is 6.55. The van der Waals surface area contributed by atoms with Gasteiger partial charge in [-0.05, 0) is 38.0 Å². The molecule has 146 valence electrons. The topological polar surface area (TPSA) is 75.9 Å². The molecule has 2 fully saturated rings. The van der Waals surface area contributed by atoms with Crippen molar-refractivity contribution in [3.63, 3.8) is 0 Å². The summed E-state index contributed by atoms with van der Waals surface area (Å²) in [5.74, 6) is 0.272. The van der Waals surface area contributed by atoms with E-state index in [-0.39, 0.29) is 17.6 Å². The fourth-order valence-corrected chi connectivity index (χ4v) is 4.65. The highest BCUT2D eigenvalue weighted by Crippen LogP contribution is 2.32. The highest BCUT2D eigenvalue weighted by atomic mass is 32.2. The monoisotopic (exact) mass is 416 g/mol. The molecule has 7 nitrogen and oxygen atoms in total. The number of pyridine rings is 1. The van der Waals surface area contributed by atoms with Crippen molar-refractivity contribution < 1.29 is 9.53 Å². The SMILES string of the molecule is CCN1C(=O)/C(=C/c2c(NCC3CCCO3)nc3ccccn3c2=O)SC1=S. The van der Waals surface area contributed by atoms with E-state index in [0.717, 1.165) is 19.4 Å². The molecule has 4 rings (SSSR count). The van der Waals surface area contributed by atoms with Crippen molar-refractivity contribution in [3.05, 3.63) is 45.2 Å². The lowest BCUT2D eigenvalue weighted by Gasteiger charge is -2.14. The Hall–Kier alpha value is -2.23. The number of ether oxygens (including phenoxy) is 1. The van der Waals surface area contributed by atoms with Crippen molar-refractivity contribution in [2.24, 2.45) is 0 Å². The predicted molar refractivity (Wildman–Crippen MR) is 114 cm³/mol. The predicted octanol–water partition coefficient (Wildman–Crippen LogP) is 2.51. The maximum Gasteiger partial charge on any atom is 0.267 e. The molecule has 1 atom stereocenters. The van der Waals surface area contributed by atoms with Crippen molar-refractivity contribution >= 4 is 51.7 Å². The number of aromatic nitrogens is 2. The molecule has 1 unspecified atom stereocenters. The lowest BCUT2D eigenvalue weighted by atomic mass is 10.2. The van der Waals surface area contributed by atoms with Crippen LogP contribution in [0.2, 0.25) is 0 Å². The van der Waals surface area contributed by atoms with E-state index >= 15 is 0 Å². The fraction of sp³-hybridized carbons (Fsp3) is 0.368. The maximum atomic E-state index is 13.1. The number of amides is 1. The minimum Gasteiger partial charge on any atom is -0.376 e. The largest absolute Gasteiger partial charge is 0.376 e. The Morgan fingerprint density at radius 1 is 1.43 bits per heavy atom. The molecule has 0 aromatic carbocycles. The molecule has 9 heteroatoms. The van der Waals surface area contributed by atoms with Gasteiger partial charge in [-0.1, -0.05) is 30.0 Å². The van der Waals surface area contributed by atoms with Crippen LogP contribution in [0.4, 0.5) is 5.82 Å². The molecule has 2 aromatic rings. The Morgan fingerprint density at radius 2 is 2.29 bits per heavy atom. The first-order valence-corrected chi connectivity index (χ1v) is 10.4. The number of rotatable bonds is 5. The number of carbonyl (C=O) groups is 1. The van der Waals surface area contributed by atoms with Gasteiger partial charge in [0.2, 0.25) is 0 Å². The van der Waals surface area contributed by atoms with Crippen LogP contribution >= 0.6 is 24.0 Å². The normalized spacial score (nSPS) is 21.2. The van der Waals surface area contributed by atoms with Crippen molar-refractivity contribution in [3.8, 4) is 0 Å². The molecule has 2 aromatic heterocycles. The minimum absolute atomic E-state index is 0.0992. The number of thioether (sulfide) groups is 1. The van der Waals surface area contributed by atoms with Gasteiger partial charge in [-0.2, -0.15) is 0 Å². The van der Waals surface area contributed by atoms with Gasteiger partial charge in [-0.25, -0.2) is 4.98 Å². The van der Waals surface area contributed by atoms with Gasteiger partial charge in [0.25, 0.3) is 11.5 Å². The lowest BCUT2D eigenvalue weighted by molar-refractivity contribution is -0.121. The molecule has 4 heterocycles. The van der Waals surface area contributed by atoms with Crippen LogP contribution in [0.5, 0.6) is 0 Å². The molecule has 0 aliphatic carbocycles. The van der Waals surface area contributed by atoms with Gasteiger partial charge in [0.15, 0.2) is 0 Å². The molecule has 0 saturated carbocycles. The van der Waals surface area contributed by atoms with Gasteiger partial charge < -0.3 is 10.1 Å². The molecular formula is C19H20N4O3S2. The summed E-state index contributed by atoms with van der Waals surface area (Å²) in [7, 11) is 0. The third-order valence-corrected chi connectivity index (χ3v) is 6.13. The quantitative estimate of drug-likeness (QED) is 0.593. The zero-order chi connectivity index (χ0) is 19.7. The number of hydrogen-bond donors (Lipinski definition) is 1. The van der Waals surface area contributed by atoms with Crippen LogP contribution in [0, 0.1) is 0 Å². The van der Waals surface area contributed by atoms with Crippen molar-refractivity contribution in [1.29, 1.82) is 0 Å². The van der Waals surface area contributed by atoms with Crippen molar-refractivity contribution in [2.75, 3.05) is 25.0 Å². The van der Waals surface area contributed by atoms with Gasteiger partial charge in [0, 0.05) is 25.9 Å². The fourth-order valence-electron chi connectivity index (χ4n) is 3.29. The zero-order valence-electron chi connectivity index (χ0n) is 15.4. The van der Waals surface area contributed by atoms with Crippen LogP contribution in [0.25, 0.3) is 11.7 Å². The Morgan fingerprint density at radius 3 is 3.00 bits per heavy atom. The van der Waals surface area contributed by atoms with Crippen LogP contribution in [0.15, 0.2) is 34.1 Å². The number of nitrogens with zero attached hydrogens (tertiary/aromatic N) is 3. The van der Waals surface area contributed by atoms with Crippen molar-refractivity contribution in [1.82, 2.24) is 14.3 Å². The van der Waals surface area contributed by atoms with E-state index in [4.69, 9.17) is 17.0 Å². The third-order valence-electron chi connectivity index (χ3n) is 4.76. The summed E-state index contributed by atoms with van der Waals surface area (Å²) < 4.78 is 7.63. The second-order valence-corrected chi connectivity index (χ2v) is 8.23. The Kier molecular flexibility index (Phi) is 5.47. The highest BCUT2D eigenvalue weighted by molar-refractivity contribution is 8.26. The standard InChI is InChI=1S/C19H20N4O3S2/c1-2-22-18(25)14(28-19(22)27)10-13-16(20-11-12-6-5-9-26-12)21-15-7-3-4-8-23(15)17(13)24/h3-4,7-8,10,12,20H,2,5-6,9,11H2,1H3/b14-10-. The first kappa shape index (κ1) is 19.1. The molecule has 2 aliphatic rings. The zero-order valence-corrected chi connectivity index (χ0v) is 17.0. The van der Waals surface area contributed by atoms with E-state index in [2.05, 4.69) is 10.3 Å². The van der Waals surface area contributed by atoms with Crippen LogP contribution in [0.1, 0.15) is 25.3 Å². The molecule has 0 spiro atoms. The second kappa shape index (κ2) is 8.02. The summed E-state index contributed by atoms with van der Waals surface area (Å²) in [6, 6.07) is 5.38. The molecule has 0 radical (unpaired) electrons. The average molecular weight is 417 g/mol. The van der Waals surface area contributed by atoms with Crippen LogP contribution in [0.3, 0.4) is 0 Å². The average Bonchev–Trinajstić information content (AvgIpc) is 3.30. The summed E-state index contributed by atoms with van der Waals surface area (Å²) in [6.07, 6.45) is 5.38. The smallest absolute Gasteiger partial charge is 0.267 e. The molecule has 1 amide bonds. The molecule has 28 heavy (non-hydrogen) atoms. The first-order valence-electron chi connectivity index (χ1n) is 9.20. The molecule has 2 saturated heterocycles. The van der Waals surface area contributed by atoms with E-state index in [1.165, 1.54) is 21.1 Å². The van der Waals surface area contributed by atoms with E-state index in [1.54, 1.807) is 24.4 Å². The van der Waals surface area contributed by atoms with E-state index in [1.807, 2.05) is 13.0 Å². The lowest BCUT2D eigenvalue weighted by Crippen LogP contribution is -2.27. The summed E-state index contributed by atoms with van der Waals surface area (Å²) in [6.45, 7) is 3.69. The van der Waals surface area contributed by atoms with E-state index in [9.17, 15) is 9.59 Å². The molecular weight excluding hydrogens is 396 g/mol. The summed E-state index contributed by atoms with van der Waals surface area (Å²) in [5, 5.41) is 3.25. The Bertz CT molecular complexity index is 1030. The van der Waals surface area contributed by atoms with Crippen molar-refractivity contribution in [2.45, 2.75) is 25.9 Å². The number of anilines is 1. The Labute approximate surface area is 171 Å². The number of nitrogens with one attached hydrogen (secondary N) is 1. The third kappa shape index (κ3) is 3.57. The van der Waals surface area contributed by atoms with Gasteiger partial charge in [-0.3, -0.25) is 18.9 Å². The van der Waals surface area contributed by atoms with Gasteiger partial charge in [-0.15, -0.1) is 0 Å². The van der Waals surface area contributed by atoms with Gasteiger partial charge in [0.1, 0.15) is 15.8 Å². The van der Waals surface area contributed by atoms with Crippen LogP contribution in [-0.4, -0.2) is 50.3 Å². The highest BCUT2D eigenvalue weighted by Gasteiger charge is 2.31. The number of thiocarbonyl (C=S) groups is 1. The summed E-state index contributed by atoms with van der Waals surface area (Å²) in [5.41, 5.74) is 0.654. The maximum absolute atomic E-state index is 13.1. The van der Waals surface area contributed by atoms with Gasteiger partial charge in [0.05, 0.1) is 16.6 Å². The Balaban J connectivity index is 1.76. The summed E-state index contributed by atoms with van der Waals surface area (Å²) in [4.78, 5) is 32.3. The molecule has 1 N–H and O–H groups in total. The van der Waals surface area contributed by atoms with E-state index < -0.39 is 0 Å². The first-order chi connectivity index (χ1) is 13.6. The number of fused-ring (bicyclic) bond motifs is 1. The number of likely N-dealkylation sites (N-methyl/N-ethyl adjacent to an activating group) is 1. The molecule has 0 bridgehead atoms. The van der Waals surface area contributed by atoms with Crippen LogP contribution < -0.4 is 10.9 Å². The molecule has 2 aliphatic heterocycles.